The number of nitrogens with two attached hydrogens (primary N) is 3. The van der Waals surface area contributed by atoms with Crippen LogP contribution in [0.1, 0.15) is 90.0 Å². The molecule has 9 rings (SSSR count). The van der Waals surface area contributed by atoms with E-state index in [1.54, 1.807) is 60.7 Å². The van der Waals surface area contributed by atoms with Crippen LogP contribution in [0, 0.1) is 0 Å². The largest absolute Gasteiger partial charge is 0.416 e. The van der Waals surface area contributed by atoms with Crippen molar-refractivity contribution in [2.24, 2.45) is 0 Å². The summed E-state index contributed by atoms with van der Waals surface area (Å²) in [5.41, 5.74) is 16.3. The Hall–Kier alpha value is -8.53. The number of amides is 6. The molecule has 0 saturated carbocycles. The molecule has 0 atom stereocenters. The highest BCUT2D eigenvalue weighted by atomic mass is 79.9. The topological polar surface area (TPSA) is 190 Å². The maximum Gasteiger partial charge on any atom is 0.416 e. The highest BCUT2D eigenvalue weighted by Crippen LogP contribution is 2.35. The summed E-state index contributed by atoms with van der Waals surface area (Å²) in [4.78, 5) is 74.7. The summed E-state index contributed by atoms with van der Waals surface area (Å²) in [6.07, 6.45) is -9.64. The molecule has 0 unspecified atom stereocenters. The molecule has 3 aliphatic rings. The highest BCUT2D eigenvalue weighted by molar-refractivity contribution is 9.10. The molecule has 3 heterocycles. The molecule has 0 spiro atoms. The number of carbonyl (C=O) groups excluding carboxylic acids is 6. The number of carbonyl (C=O) groups is 6. The van der Waals surface area contributed by atoms with Gasteiger partial charge in [0.15, 0.2) is 0 Å². The summed E-state index contributed by atoms with van der Waals surface area (Å²) < 4.78 is 113. The van der Waals surface area contributed by atoms with E-state index in [1.807, 2.05) is 0 Å². The van der Waals surface area contributed by atoms with Crippen LogP contribution in [0.25, 0.3) is 6.08 Å². The van der Waals surface area contributed by atoms with Gasteiger partial charge in [-0.1, -0.05) is 58.9 Å². The molecule has 6 N–H and O–H groups in total. The molecule has 376 valence electrons. The van der Waals surface area contributed by atoms with Gasteiger partial charge in [-0.2, -0.15) is 39.5 Å². The normalized spacial score (nSPS) is 14.0. The number of benzene rings is 6. The Kier molecular flexibility index (Phi) is 15.8. The van der Waals surface area contributed by atoms with Crippen molar-refractivity contribution >= 4 is 74.5 Å². The standard InChI is InChI=1S/C17H13F3N2O2.C17H11F3N2O2.C10H7NO2.C7H5BrF3N/c2*18-17(19,20)11-7-10(8-12(21)9-11)5-6-22-15(23)13-3-1-2-4-14(13)16(22)24;1-2-11-9(12)7-5-3-4-6-8(7)10(11)13;8-5-1-4(7(9,10)11)2-6(12)3-5/h1-4,7-9H,5-6,21H2;1-9H,21H2;2-6H,1H2;1-3H,12H2/b;6-5+;;. The van der Waals surface area contributed by atoms with Gasteiger partial charge in [0.05, 0.1) is 50.1 Å². The molecule has 0 bridgehead atoms. The molecule has 0 aliphatic carbocycles. The number of fused-ring (bicyclic) bond motifs is 3. The maximum atomic E-state index is 12.8. The van der Waals surface area contributed by atoms with E-state index in [-0.39, 0.29) is 58.5 Å². The Morgan fingerprint density at radius 2 is 0.822 bits per heavy atom. The Labute approximate surface area is 416 Å². The second-order valence-electron chi connectivity index (χ2n) is 15.7. The monoisotopic (exact) mass is 1080 g/mol. The Balaban J connectivity index is 0.000000166. The maximum absolute atomic E-state index is 12.8. The number of nitrogens with zero attached hydrogens (tertiary/aromatic N) is 3. The van der Waals surface area contributed by atoms with Crippen LogP contribution >= 0.6 is 15.9 Å². The Morgan fingerprint density at radius 1 is 0.466 bits per heavy atom. The summed E-state index contributed by atoms with van der Waals surface area (Å²) in [5, 5.41) is 0. The predicted molar refractivity (Wildman–Crippen MR) is 254 cm³/mol. The molecule has 6 aromatic carbocycles. The summed E-state index contributed by atoms with van der Waals surface area (Å²) in [5.74, 6) is -2.50. The van der Waals surface area contributed by atoms with Gasteiger partial charge in [-0.05, 0) is 115 Å². The molecule has 6 aromatic rings. The van der Waals surface area contributed by atoms with Crippen LogP contribution in [-0.4, -0.2) is 56.7 Å². The first kappa shape index (κ1) is 53.8. The molecule has 0 radical (unpaired) electrons. The SMILES string of the molecule is C=CN1C(=O)c2ccccc2C1=O.Nc1cc(/C=C/N2C(=O)c3ccccc3C2=O)cc(C(F)(F)F)c1.Nc1cc(Br)cc(C(F)(F)F)c1.Nc1cc(CCN2C(=O)c3ccccc3C2=O)cc(C(F)(F)F)c1. The summed E-state index contributed by atoms with van der Waals surface area (Å²) in [6.45, 7) is 3.40. The minimum absolute atomic E-state index is 0.00685. The quantitative estimate of drug-likeness (QED) is 0.0828. The third-order valence-corrected chi connectivity index (χ3v) is 11.1. The van der Waals surface area contributed by atoms with E-state index < -0.39 is 58.8 Å². The van der Waals surface area contributed by atoms with Gasteiger partial charge in [0.1, 0.15) is 0 Å². The molecular formula is C51H36BrF9N6O6. The van der Waals surface area contributed by atoms with Crippen molar-refractivity contribution in [2.75, 3.05) is 23.7 Å². The molecule has 0 saturated heterocycles. The average molecular weight is 1080 g/mol. The van der Waals surface area contributed by atoms with Gasteiger partial charge in [0.2, 0.25) is 0 Å². The fourth-order valence-corrected chi connectivity index (χ4v) is 7.81. The van der Waals surface area contributed by atoms with Crippen molar-refractivity contribution in [3.63, 3.8) is 0 Å². The number of hydrogen-bond donors (Lipinski definition) is 3. The van der Waals surface area contributed by atoms with Gasteiger partial charge in [-0.25, -0.2) is 9.80 Å². The number of rotatable bonds is 6. The zero-order valence-corrected chi connectivity index (χ0v) is 38.9. The van der Waals surface area contributed by atoms with Gasteiger partial charge < -0.3 is 17.2 Å². The lowest BCUT2D eigenvalue weighted by molar-refractivity contribution is -0.138. The van der Waals surface area contributed by atoms with E-state index in [0.29, 0.717) is 32.3 Å². The fourth-order valence-electron chi connectivity index (χ4n) is 7.30. The van der Waals surface area contributed by atoms with Gasteiger partial charge in [0, 0.05) is 40.5 Å². The number of imide groups is 3. The lowest BCUT2D eigenvalue weighted by Crippen LogP contribution is -2.31. The van der Waals surface area contributed by atoms with E-state index >= 15 is 0 Å². The smallest absolute Gasteiger partial charge is 0.399 e. The molecule has 0 aromatic heterocycles. The summed E-state index contributed by atoms with van der Waals surface area (Å²) in [6, 6.07) is 29.0. The molecule has 0 fully saturated rings. The minimum Gasteiger partial charge on any atom is -0.399 e. The lowest BCUT2D eigenvalue weighted by atomic mass is 10.1. The third kappa shape index (κ3) is 12.5. The van der Waals surface area contributed by atoms with Crippen LogP contribution in [0.3, 0.4) is 0 Å². The van der Waals surface area contributed by atoms with Crippen molar-refractivity contribution in [1.82, 2.24) is 14.7 Å². The van der Waals surface area contributed by atoms with Crippen LogP contribution in [0.2, 0.25) is 0 Å². The predicted octanol–water partition coefficient (Wildman–Crippen LogP) is 11.2. The molecule has 12 nitrogen and oxygen atoms in total. The van der Waals surface area contributed by atoms with Crippen molar-refractivity contribution in [3.8, 4) is 0 Å². The van der Waals surface area contributed by atoms with Gasteiger partial charge >= 0.3 is 18.5 Å². The van der Waals surface area contributed by atoms with E-state index in [2.05, 4.69) is 22.5 Å². The van der Waals surface area contributed by atoms with E-state index in [4.69, 9.17) is 17.2 Å². The number of anilines is 3. The lowest BCUT2D eigenvalue weighted by Gasteiger charge is -2.15. The van der Waals surface area contributed by atoms with Gasteiger partial charge in [0.25, 0.3) is 35.4 Å². The molecule has 3 aliphatic heterocycles. The van der Waals surface area contributed by atoms with Crippen LogP contribution < -0.4 is 17.2 Å². The molecule has 73 heavy (non-hydrogen) atoms. The van der Waals surface area contributed by atoms with Crippen molar-refractivity contribution < 1.29 is 68.3 Å². The highest BCUT2D eigenvalue weighted by Gasteiger charge is 2.37. The third-order valence-electron chi connectivity index (χ3n) is 10.6. The van der Waals surface area contributed by atoms with Gasteiger partial charge in [-0.3, -0.25) is 33.7 Å². The van der Waals surface area contributed by atoms with E-state index in [9.17, 15) is 68.3 Å². The average Bonchev–Trinajstić information content (AvgIpc) is 3.83. The minimum atomic E-state index is -4.53. The number of halogens is 10. The molecular weight excluding hydrogens is 1040 g/mol. The first-order valence-corrected chi connectivity index (χ1v) is 21.8. The first-order chi connectivity index (χ1) is 34.2. The Bertz CT molecular complexity index is 3100. The Morgan fingerprint density at radius 3 is 1.22 bits per heavy atom. The molecule has 22 heteroatoms. The second-order valence-corrected chi connectivity index (χ2v) is 16.6. The number of nitrogen functional groups attached to an aromatic ring is 3. The van der Waals surface area contributed by atoms with E-state index in [1.165, 1.54) is 42.6 Å². The number of hydrogen-bond acceptors (Lipinski definition) is 9. The van der Waals surface area contributed by atoms with Crippen molar-refractivity contribution in [1.29, 1.82) is 0 Å². The van der Waals surface area contributed by atoms with E-state index in [0.717, 1.165) is 57.3 Å². The van der Waals surface area contributed by atoms with Crippen molar-refractivity contribution in [2.45, 2.75) is 24.9 Å². The fraction of sp³-hybridized carbons (Fsp3) is 0.0980. The van der Waals surface area contributed by atoms with Crippen LogP contribution in [0.15, 0.2) is 151 Å². The van der Waals surface area contributed by atoms with Crippen LogP contribution in [0.5, 0.6) is 0 Å². The number of alkyl halides is 9. The van der Waals surface area contributed by atoms with Crippen molar-refractivity contribution in [3.05, 3.63) is 212 Å². The second kappa shape index (κ2) is 21.4. The summed E-state index contributed by atoms with van der Waals surface area (Å²) in [7, 11) is 0. The van der Waals surface area contributed by atoms with Gasteiger partial charge in [-0.15, -0.1) is 0 Å². The first-order valence-electron chi connectivity index (χ1n) is 21.0. The summed E-state index contributed by atoms with van der Waals surface area (Å²) >= 11 is 2.93. The zero-order chi connectivity index (χ0) is 53.7. The van der Waals surface area contributed by atoms with Crippen LogP contribution in [0.4, 0.5) is 56.6 Å². The molecule has 6 amide bonds. The van der Waals surface area contributed by atoms with Crippen LogP contribution in [-0.2, 0) is 24.9 Å². The zero-order valence-electron chi connectivity index (χ0n) is 37.3.